The molecule has 356 valence electrons. The normalized spacial score (nSPS) is 25.0. The molecule has 0 radical (unpaired) electrons. The number of thiazole rings is 1. The molecular formula is C54H80N6O3S2. The summed E-state index contributed by atoms with van der Waals surface area (Å²) in [5, 5.41) is 11.3. The quantitative estimate of drug-likeness (QED) is 0.146. The number of benzene rings is 1. The summed E-state index contributed by atoms with van der Waals surface area (Å²) < 4.78 is 35.0. The number of nitrogens with zero attached hydrogens (tertiary/aromatic N) is 3. The zero-order valence-corrected chi connectivity index (χ0v) is 42.7. The summed E-state index contributed by atoms with van der Waals surface area (Å²) in [6.07, 6.45) is 20.7. The molecular weight excluding hydrogens is 845 g/mol. The lowest BCUT2D eigenvalue weighted by molar-refractivity contribution is 0.297. The summed E-state index contributed by atoms with van der Waals surface area (Å²) in [5.74, 6) is 2.68. The average molecular weight is 925 g/mol. The Bertz CT molecular complexity index is 2300. The Morgan fingerprint density at radius 3 is 2.37 bits per heavy atom. The fourth-order valence-electron chi connectivity index (χ4n) is 9.25. The molecule has 3 aromatic rings. The van der Waals surface area contributed by atoms with E-state index in [1.165, 1.54) is 37.7 Å². The third-order valence-electron chi connectivity index (χ3n) is 14.0. The molecule has 2 unspecified atom stereocenters. The highest BCUT2D eigenvalue weighted by molar-refractivity contribution is 7.90. The lowest BCUT2D eigenvalue weighted by Gasteiger charge is -2.37. The Kier molecular flexibility index (Phi) is 17.1. The second-order valence-corrected chi connectivity index (χ2v) is 22.6. The first kappa shape index (κ1) is 50.3. The number of hydrogen-bond donors (Lipinski definition) is 3. The van der Waals surface area contributed by atoms with E-state index in [1.807, 2.05) is 13.0 Å². The predicted molar refractivity (Wildman–Crippen MR) is 275 cm³/mol. The minimum absolute atomic E-state index is 0.0358. The van der Waals surface area contributed by atoms with Crippen molar-refractivity contribution in [1.82, 2.24) is 30.2 Å². The summed E-state index contributed by atoms with van der Waals surface area (Å²) in [5.41, 5.74) is 7.85. The van der Waals surface area contributed by atoms with Gasteiger partial charge in [-0.05, 0) is 107 Å². The molecule has 2 aromatic heterocycles. The van der Waals surface area contributed by atoms with Gasteiger partial charge in [0.1, 0.15) is 10.8 Å². The van der Waals surface area contributed by atoms with Crippen LogP contribution in [0.2, 0.25) is 0 Å². The molecule has 0 spiro atoms. The van der Waals surface area contributed by atoms with Gasteiger partial charge in [-0.15, -0.1) is 11.3 Å². The van der Waals surface area contributed by atoms with Crippen molar-refractivity contribution in [2.24, 2.45) is 17.8 Å². The third-order valence-corrected chi connectivity index (χ3v) is 16.7. The number of sulfonamides is 1. The molecule has 11 heteroatoms. The molecule has 1 aromatic carbocycles. The van der Waals surface area contributed by atoms with Gasteiger partial charge in [0.15, 0.2) is 0 Å². The molecule has 65 heavy (non-hydrogen) atoms. The SMILES string of the molecule is C=C(C)N[C@H]1CCCCC/C=C\C2C[C@@]2(C(=C)NS(=O)(=O)C2CC2)NC(=C)C2C[C@@H](Cc3cc(-c4nc(C(C)C)cs4)nc4c(C)c(OC)ccc34)CN2C1=C.CCC1CC1.CCCC. The fourth-order valence-corrected chi connectivity index (χ4v) is 11.6. The van der Waals surface area contributed by atoms with E-state index in [4.69, 9.17) is 27.9 Å². The molecule has 3 aliphatic carbocycles. The highest BCUT2D eigenvalue weighted by Crippen LogP contribution is 2.51. The van der Waals surface area contributed by atoms with Gasteiger partial charge in [-0.1, -0.05) is 118 Å². The number of fused-ring (bicyclic) bond motifs is 3. The van der Waals surface area contributed by atoms with Crippen molar-refractivity contribution in [1.29, 1.82) is 0 Å². The van der Waals surface area contributed by atoms with E-state index in [0.29, 0.717) is 24.5 Å². The minimum Gasteiger partial charge on any atom is -0.496 e. The molecule has 5 aliphatic rings. The Morgan fingerprint density at radius 2 is 1.77 bits per heavy atom. The number of methoxy groups -OCH3 is 1. The smallest absolute Gasteiger partial charge is 0.235 e. The Hall–Kier alpha value is -4.09. The standard InChI is InChI=1S/C45H60N6O3S2.C5H10.C4H10/c1-27(2)40-26-55-44(48-40)39-23-34(37-19-20-42(54-9)29(5)43(37)47-39)21-33-22-41-30(6)49-45(32(8)50-56(52,53)36-17-18-36)24-35(45)15-13-11-10-12-14-16-38(46-28(3)4)31(7)51(41)25-33;1-2-5-3-4-5;1-3-4-2/h13,15,19-20,23,26-27,33,35-36,38,41,46,49-50H,3,6-8,10-12,14,16-18,21-22,24-25H2,1-2,4-5,9H3;5H,2-4H2,1H3;3-4H2,1-2H3/b15-13-;;/t33-,35?,38+,41?,45+;;/m1../s1. The van der Waals surface area contributed by atoms with Gasteiger partial charge in [0.2, 0.25) is 10.0 Å². The van der Waals surface area contributed by atoms with Crippen LogP contribution in [-0.2, 0) is 16.4 Å². The van der Waals surface area contributed by atoms with Crippen LogP contribution in [0.15, 0.2) is 84.8 Å². The second-order valence-electron chi connectivity index (χ2n) is 19.8. The van der Waals surface area contributed by atoms with Crippen LogP contribution in [0.5, 0.6) is 5.75 Å². The molecule has 0 amide bonds. The van der Waals surface area contributed by atoms with Crippen LogP contribution in [-0.4, -0.2) is 59.8 Å². The van der Waals surface area contributed by atoms with Gasteiger partial charge in [0, 0.05) is 51.6 Å². The van der Waals surface area contributed by atoms with Gasteiger partial charge in [-0.2, -0.15) is 0 Å². The van der Waals surface area contributed by atoms with E-state index in [2.05, 4.69) is 105 Å². The number of ether oxygens (including phenoxy) is 1. The molecule has 3 saturated carbocycles. The lowest BCUT2D eigenvalue weighted by atomic mass is 9.92. The number of unbranched alkanes of at least 4 members (excludes halogenated alkanes) is 1. The summed E-state index contributed by atoms with van der Waals surface area (Å²) in [4.78, 5) is 12.6. The highest BCUT2D eigenvalue weighted by atomic mass is 32.2. The fraction of sp³-hybridized carbons (Fsp3) is 0.593. The maximum absolute atomic E-state index is 13.2. The van der Waals surface area contributed by atoms with E-state index in [0.717, 1.165) is 120 Å². The third kappa shape index (κ3) is 12.7. The van der Waals surface area contributed by atoms with Crippen molar-refractivity contribution in [2.75, 3.05) is 13.7 Å². The van der Waals surface area contributed by atoms with Crippen molar-refractivity contribution in [3.05, 3.63) is 102 Å². The molecule has 3 N–H and O–H groups in total. The maximum atomic E-state index is 13.2. The van der Waals surface area contributed by atoms with E-state index in [9.17, 15) is 8.42 Å². The molecule has 4 fully saturated rings. The molecule has 5 atom stereocenters. The van der Waals surface area contributed by atoms with Gasteiger partial charge < -0.3 is 20.3 Å². The van der Waals surface area contributed by atoms with Crippen molar-refractivity contribution in [3.63, 3.8) is 0 Å². The monoisotopic (exact) mass is 925 g/mol. The summed E-state index contributed by atoms with van der Waals surface area (Å²) in [6, 6.07) is 6.41. The van der Waals surface area contributed by atoms with E-state index >= 15 is 0 Å². The average Bonchev–Trinajstić information content (AvgIpc) is 4.23. The lowest BCUT2D eigenvalue weighted by Crippen LogP contribution is -2.47. The van der Waals surface area contributed by atoms with Gasteiger partial charge in [-0.3, -0.25) is 4.72 Å². The van der Waals surface area contributed by atoms with Gasteiger partial charge in [0.05, 0.1) is 46.9 Å². The molecule has 1 saturated heterocycles. The summed E-state index contributed by atoms with van der Waals surface area (Å²) in [6.45, 7) is 33.9. The Labute approximate surface area is 396 Å². The molecule has 9 nitrogen and oxygen atoms in total. The minimum atomic E-state index is -3.47. The first-order valence-corrected chi connectivity index (χ1v) is 27.1. The Morgan fingerprint density at radius 1 is 1.03 bits per heavy atom. The zero-order valence-electron chi connectivity index (χ0n) is 41.0. The summed E-state index contributed by atoms with van der Waals surface area (Å²) in [7, 11) is -1.76. The molecule has 0 bridgehead atoms. The van der Waals surface area contributed by atoms with Crippen LogP contribution in [0, 0.1) is 24.7 Å². The van der Waals surface area contributed by atoms with E-state index in [1.54, 1.807) is 18.4 Å². The van der Waals surface area contributed by atoms with Crippen LogP contribution in [0.1, 0.15) is 154 Å². The summed E-state index contributed by atoms with van der Waals surface area (Å²) >= 11 is 1.65. The van der Waals surface area contributed by atoms with Crippen LogP contribution in [0.4, 0.5) is 0 Å². The topological polar surface area (TPSA) is 108 Å². The van der Waals surface area contributed by atoms with E-state index < -0.39 is 15.6 Å². The number of pyridine rings is 1. The van der Waals surface area contributed by atoms with Crippen LogP contribution in [0.25, 0.3) is 21.6 Å². The number of allylic oxidation sites excluding steroid dienone is 2. The number of hydrogen-bond acceptors (Lipinski definition) is 9. The number of aryl methyl sites for hydroxylation is 1. The van der Waals surface area contributed by atoms with Crippen molar-refractivity contribution >= 4 is 32.3 Å². The number of nitrogens with one attached hydrogen (secondary N) is 3. The molecule has 4 heterocycles. The van der Waals surface area contributed by atoms with Gasteiger partial charge in [-0.25, -0.2) is 18.4 Å². The largest absolute Gasteiger partial charge is 0.496 e. The van der Waals surface area contributed by atoms with Gasteiger partial charge in [0.25, 0.3) is 0 Å². The van der Waals surface area contributed by atoms with Crippen LogP contribution >= 0.6 is 11.3 Å². The van der Waals surface area contributed by atoms with Gasteiger partial charge >= 0.3 is 0 Å². The van der Waals surface area contributed by atoms with Crippen LogP contribution in [0.3, 0.4) is 0 Å². The predicted octanol–water partition coefficient (Wildman–Crippen LogP) is 12.6. The maximum Gasteiger partial charge on any atom is 0.235 e. The van der Waals surface area contributed by atoms with E-state index in [-0.39, 0.29) is 29.2 Å². The van der Waals surface area contributed by atoms with Crippen molar-refractivity contribution < 1.29 is 13.2 Å². The second kappa shape index (κ2) is 22.1. The number of aromatic nitrogens is 2. The Balaban J connectivity index is 0.000000702. The zero-order chi connectivity index (χ0) is 47.1. The first-order chi connectivity index (χ1) is 31.0. The first-order valence-electron chi connectivity index (χ1n) is 24.7. The number of rotatable bonds is 13. The van der Waals surface area contributed by atoms with Crippen molar-refractivity contribution in [3.8, 4) is 16.5 Å². The highest BCUT2D eigenvalue weighted by Gasteiger charge is 2.57. The van der Waals surface area contributed by atoms with Crippen molar-refractivity contribution in [2.45, 2.75) is 174 Å². The molecule has 8 rings (SSSR count). The van der Waals surface area contributed by atoms with Crippen LogP contribution < -0.4 is 20.1 Å². The molecule has 2 aliphatic heterocycles.